The predicted octanol–water partition coefficient (Wildman–Crippen LogP) is -2.08. The van der Waals surface area contributed by atoms with Crippen LogP contribution in [0.2, 0.25) is 0 Å². The monoisotopic (exact) mass is 253 g/mol. The zero-order chi connectivity index (χ0) is 10.8. The average molecular weight is 253 g/mol. The minimum absolute atomic E-state index is 0. The van der Waals surface area contributed by atoms with Gasteiger partial charge in [-0.1, -0.05) is 18.2 Å². The van der Waals surface area contributed by atoms with Crippen molar-refractivity contribution in [3.63, 3.8) is 0 Å². The third-order valence-electron chi connectivity index (χ3n) is 1.86. The van der Waals surface area contributed by atoms with Crippen molar-refractivity contribution in [2.24, 2.45) is 0 Å². The first kappa shape index (κ1) is 16.6. The molecule has 6 nitrogen and oxygen atoms in total. The molecule has 17 heavy (non-hydrogen) atoms. The van der Waals surface area contributed by atoms with E-state index in [-0.39, 0.29) is 59.1 Å². The van der Waals surface area contributed by atoms with Crippen molar-refractivity contribution in [1.82, 2.24) is 14.5 Å². The molecule has 0 fully saturated rings. The summed E-state index contributed by atoms with van der Waals surface area (Å²) in [6.07, 6.45) is 0. The van der Waals surface area contributed by atoms with Gasteiger partial charge in [0.05, 0.1) is 5.69 Å². The van der Waals surface area contributed by atoms with Gasteiger partial charge < -0.3 is 0 Å². The Morgan fingerprint density at radius 2 is 1.29 bits per heavy atom. The fourth-order valence-electron chi connectivity index (χ4n) is 1.24. The van der Waals surface area contributed by atoms with Crippen LogP contribution in [0.25, 0.3) is 5.69 Å². The molecule has 2 rings (SSSR count). The summed E-state index contributed by atoms with van der Waals surface area (Å²) in [7, 11) is 0. The molecule has 8 heteroatoms. The first-order valence-corrected chi connectivity index (χ1v) is 4.19. The molecule has 0 aliphatic rings. The number of benzene rings is 1. The second-order valence-corrected chi connectivity index (χ2v) is 2.86. The van der Waals surface area contributed by atoms with Crippen molar-refractivity contribution in [3.05, 3.63) is 61.8 Å². The molecule has 2 N–H and O–H groups in total. The van der Waals surface area contributed by atoms with Gasteiger partial charge in [0.2, 0.25) is 0 Å². The van der Waals surface area contributed by atoms with Crippen molar-refractivity contribution < 1.29 is 0 Å². The third-order valence-corrected chi connectivity index (χ3v) is 1.86. The summed E-state index contributed by atoms with van der Waals surface area (Å²) in [6.45, 7) is 0. The van der Waals surface area contributed by atoms with Crippen LogP contribution >= 0.6 is 0 Å². The maximum atomic E-state index is 11.3. The van der Waals surface area contributed by atoms with Crippen molar-refractivity contribution in [1.29, 1.82) is 0 Å². The molecule has 0 radical (unpaired) electrons. The van der Waals surface area contributed by atoms with Gasteiger partial charge in [-0.05, 0) is 12.1 Å². The minimum atomic E-state index is -0.808. The molecule has 0 spiro atoms. The van der Waals surface area contributed by atoms with Gasteiger partial charge in [-0.25, -0.2) is 19.0 Å². The summed E-state index contributed by atoms with van der Waals surface area (Å²) in [4.78, 5) is 37.4. The summed E-state index contributed by atoms with van der Waals surface area (Å²) >= 11 is 0. The van der Waals surface area contributed by atoms with Crippen LogP contribution in [0.15, 0.2) is 44.7 Å². The second kappa shape index (κ2) is 7.15. The van der Waals surface area contributed by atoms with E-state index in [0.717, 1.165) is 4.57 Å². The van der Waals surface area contributed by atoms with Crippen molar-refractivity contribution in [2.45, 2.75) is 0 Å². The van der Waals surface area contributed by atoms with Crippen molar-refractivity contribution in [2.75, 3.05) is 0 Å². The van der Waals surface area contributed by atoms with Gasteiger partial charge in [0.1, 0.15) is 0 Å². The standard InChI is InChI=1S/C9H7N3O3.2Na.2H/c13-7-10-8(14)12(9(15)11-7)6-4-2-1-3-5-6;;;;/h1-5H,(H2,10,11,13,14,15);;;;. The van der Waals surface area contributed by atoms with E-state index in [4.69, 9.17) is 0 Å². The molecule has 0 aliphatic heterocycles. The van der Waals surface area contributed by atoms with E-state index >= 15 is 0 Å². The van der Waals surface area contributed by atoms with Crippen LogP contribution in [-0.2, 0) is 0 Å². The Kier molecular flexibility index (Phi) is 6.99. The predicted molar refractivity (Wildman–Crippen MR) is 67.6 cm³/mol. The van der Waals surface area contributed by atoms with E-state index in [0.29, 0.717) is 5.69 Å². The number of aromatic amines is 2. The fraction of sp³-hybridized carbons (Fsp3) is 0. The van der Waals surface area contributed by atoms with Crippen LogP contribution in [0.1, 0.15) is 0 Å². The van der Waals surface area contributed by atoms with Crippen LogP contribution in [0.5, 0.6) is 0 Å². The number of nitrogens with one attached hydrogen (secondary N) is 2. The Bertz CT molecular complexity index is 611. The molecule has 1 aromatic heterocycles. The number of rotatable bonds is 1. The number of hydrogen-bond donors (Lipinski definition) is 2. The number of hydrogen-bond acceptors (Lipinski definition) is 3. The average Bonchev–Trinajstić information content (AvgIpc) is 2.17. The molecular formula is C9H9N3Na2O3. The van der Waals surface area contributed by atoms with E-state index in [2.05, 4.69) is 0 Å². The molecule has 1 heterocycles. The number of nitrogens with zero attached hydrogens (tertiary/aromatic N) is 1. The SMILES string of the molecule is O=c1[nH]c(=O)n(-c2ccccc2)c(=O)[nH]1.[NaH].[NaH]. The van der Waals surface area contributed by atoms with Gasteiger partial charge in [-0.15, -0.1) is 0 Å². The molecule has 0 saturated carbocycles. The molecule has 0 atom stereocenters. The zero-order valence-electron chi connectivity index (χ0n) is 7.56. The summed E-state index contributed by atoms with van der Waals surface area (Å²) in [5.74, 6) is 0. The molecular weight excluding hydrogens is 244 g/mol. The number of aromatic nitrogens is 3. The Morgan fingerprint density at radius 1 is 0.824 bits per heavy atom. The van der Waals surface area contributed by atoms with E-state index in [1.807, 2.05) is 9.97 Å². The summed E-state index contributed by atoms with van der Waals surface area (Å²) in [6, 6.07) is 8.32. The van der Waals surface area contributed by atoms with Crippen molar-refractivity contribution >= 4 is 59.1 Å². The van der Waals surface area contributed by atoms with Gasteiger partial charge in [0.15, 0.2) is 0 Å². The molecule has 0 saturated heterocycles. The molecule has 80 valence electrons. The van der Waals surface area contributed by atoms with E-state index in [1.165, 1.54) is 0 Å². The van der Waals surface area contributed by atoms with Gasteiger partial charge in [-0.2, -0.15) is 0 Å². The fourth-order valence-corrected chi connectivity index (χ4v) is 1.24. The van der Waals surface area contributed by atoms with Gasteiger partial charge in [-0.3, -0.25) is 9.97 Å². The van der Waals surface area contributed by atoms with Crippen LogP contribution < -0.4 is 17.1 Å². The Morgan fingerprint density at radius 3 is 1.76 bits per heavy atom. The topological polar surface area (TPSA) is 87.7 Å². The Labute approximate surface area is 140 Å². The summed E-state index contributed by atoms with van der Waals surface area (Å²) in [5, 5.41) is 0. The first-order valence-electron chi connectivity index (χ1n) is 4.19. The normalized spacial score (nSPS) is 8.94. The Hall–Kier alpha value is -0.370. The number of para-hydroxylation sites is 1. The summed E-state index contributed by atoms with van der Waals surface area (Å²) < 4.78 is 0.849. The molecule has 0 aliphatic carbocycles. The first-order chi connectivity index (χ1) is 7.18. The van der Waals surface area contributed by atoms with Gasteiger partial charge in [0.25, 0.3) is 0 Å². The van der Waals surface area contributed by atoms with Crippen LogP contribution in [0.4, 0.5) is 0 Å². The van der Waals surface area contributed by atoms with E-state index in [1.54, 1.807) is 30.3 Å². The van der Waals surface area contributed by atoms with Gasteiger partial charge >= 0.3 is 76.2 Å². The number of H-pyrrole nitrogens is 2. The quantitative estimate of drug-likeness (QED) is 0.572. The maximum absolute atomic E-state index is 11.3. The molecule has 0 bridgehead atoms. The zero-order valence-corrected chi connectivity index (χ0v) is 7.56. The summed E-state index contributed by atoms with van der Waals surface area (Å²) in [5.41, 5.74) is -1.91. The Balaban J connectivity index is 0.00000128. The second-order valence-electron chi connectivity index (χ2n) is 2.86. The van der Waals surface area contributed by atoms with Crippen LogP contribution in [0.3, 0.4) is 0 Å². The third kappa shape index (κ3) is 3.80. The molecule has 0 amide bonds. The molecule has 1 aromatic carbocycles. The molecule has 0 unspecified atom stereocenters. The molecule has 2 aromatic rings. The van der Waals surface area contributed by atoms with Gasteiger partial charge in [0, 0.05) is 0 Å². The van der Waals surface area contributed by atoms with Crippen LogP contribution in [-0.4, -0.2) is 73.6 Å². The van der Waals surface area contributed by atoms with Crippen molar-refractivity contribution in [3.8, 4) is 5.69 Å². The van der Waals surface area contributed by atoms with E-state index < -0.39 is 17.1 Å². The van der Waals surface area contributed by atoms with E-state index in [9.17, 15) is 14.4 Å². The van der Waals surface area contributed by atoms with Crippen LogP contribution in [0, 0.1) is 0 Å².